The summed E-state index contributed by atoms with van der Waals surface area (Å²) in [6.45, 7) is 26.5. The molecule has 1 aromatic rings. The van der Waals surface area contributed by atoms with Crippen molar-refractivity contribution in [2.75, 3.05) is 13.1 Å². The van der Waals surface area contributed by atoms with Gasteiger partial charge in [-0.05, 0) is 49.0 Å². The molecule has 1 aliphatic heterocycles. The average Bonchev–Trinajstić information content (AvgIpc) is 2.60. The summed E-state index contributed by atoms with van der Waals surface area (Å²) in [7, 11) is -2.46. The zero-order valence-electron chi connectivity index (χ0n) is 21.3. The van der Waals surface area contributed by atoms with Gasteiger partial charge in [0.25, 0.3) is 0 Å². The topological polar surface area (TPSA) is 21.7 Å². The minimum Gasteiger partial charge on any atom is -0.418 e. The molecule has 0 aliphatic carbocycles. The summed E-state index contributed by atoms with van der Waals surface area (Å²) >= 11 is 0. The van der Waals surface area contributed by atoms with Crippen molar-refractivity contribution >= 4 is 18.1 Å². The van der Waals surface area contributed by atoms with E-state index in [9.17, 15) is 0 Å². The van der Waals surface area contributed by atoms with Crippen LogP contribution in [0.25, 0.3) is 0 Å². The van der Waals surface area contributed by atoms with E-state index in [1.165, 1.54) is 5.56 Å². The largest absolute Gasteiger partial charge is 0.418 e. The molecule has 0 N–H and O–H groups in total. The maximum Gasteiger partial charge on any atom is 0.192 e. The van der Waals surface area contributed by atoms with E-state index in [4.69, 9.17) is 8.85 Å². The predicted octanol–water partition coefficient (Wildman–Crippen LogP) is 6.00. The highest BCUT2D eigenvalue weighted by Crippen LogP contribution is 2.42. The third kappa shape index (κ3) is 7.30. The van der Waals surface area contributed by atoms with Gasteiger partial charge in [0.15, 0.2) is 18.1 Å². The van der Waals surface area contributed by atoms with Crippen LogP contribution in [-0.2, 0) is 15.4 Å². The minimum absolute atomic E-state index is 0.165. The molecule has 0 saturated carbocycles. The first-order chi connectivity index (χ1) is 13.6. The van der Waals surface area contributed by atoms with Crippen molar-refractivity contribution in [1.29, 1.82) is 0 Å². The molecule has 0 aromatic heterocycles. The molecule has 0 radical (unpaired) electrons. The zero-order valence-corrected chi connectivity index (χ0v) is 23.8. The summed E-state index contributed by atoms with van der Waals surface area (Å²) in [5.74, 6) is 0.388. The maximum atomic E-state index is 7.02. The molecule has 1 aliphatic rings. The number of piperidine rings is 1. The first kappa shape index (κ1) is 25.8. The van der Waals surface area contributed by atoms with Gasteiger partial charge in [0, 0.05) is 25.6 Å². The molecule has 1 fully saturated rings. The number of likely N-dealkylation sites (tertiary alicyclic amines) is 1. The maximum absolute atomic E-state index is 7.02. The Bertz CT molecular complexity index is 662. The Labute approximate surface area is 190 Å². The van der Waals surface area contributed by atoms with Gasteiger partial charge in [0.05, 0.1) is 11.7 Å². The van der Waals surface area contributed by atoms with E-state index in [0.29, 0.717) is 11.0 Å². The summed E-state index contributed by atoms with van der Waals surface area (Å²) in [6, 6.07) is 10.9. The van der Waals surface area contributed by atoms with E-state index in [0.717, 1.165) is 26.1 Å². The average molecular weight is 450 g/mol. The summed E-state index contributed by atoms with van der Waals surface area (Å²) < 4.78 is 13.7. The SMILES string of the molecule is CC(C)(C)[SiH2]OC(C)(C)C1CN(Cc2ccccc2)CCC1O[Si](C)(C)C(C)(C)C. The molecule has 2 unspecified atom stereocenters. The van der Waals surface area contributed by atoms with Crippen LogP contribution < -0.4 is 0 Å². The Balaban J connectivity index is 2.21. The zero-order chi connectivity index (χ0) is 22.8. The van der Waals surface area contributed by atoms with Gasteiger partial charge in [-0.25, -0.2) is 0 Å². The van der Waals surface area contributed by atoms with Crippen molar-refractivity contribution in [3.05, 3.63) is 35.9 Å². The molecular weight excluding hydrogens is 402 g/mol. The molecule has 1 heterocycles. The number of hydrogen-bond acceptors (Lipinski definition) is 3. The second kappa shape index (κ2) is 9.57. The molecule has 0 spiro atoms. The smallest absolute Gasteiger partial charge is 0.192 e. The van der Waals surface area contributed by atoms with Crippen molar-refractivity contribution in [1.82, 2.24) is 4.90 Å². The fourth-order valence-electron chi connectivity index (χ4n) is 3.86. The van der Waals surface area contributed by atoms with Gasteiger partial charge in [-0.2, -0.15) is 0 Å². The second-order valence-corrected chi connectivity index (χ2v) is 19.9. The molecule has 30 heavy (non-hydrogen) atoms. The van der Waals surface area contributed by atoms with Crippen LogP contribution in [0.3, 0.4) is 0 Å². The summed E-state index contributed by atoms with van der Waals surface area (Å²) in [6.07, 6.45) is 1.37. The van der Waals surface area contributed by atoms with Crippen LogP contribution in [0, 0.1) is 5.92 Å². The molecule has 2 atom stereocenters. The molecule has 0 amide bonds. The summed E-state index contributed by atoms with van der Waals surface area (Å²) in [5, 5.41) is 0.523. The molecule has 0 bridgehead atoms. The van der Waals surface area contributed by atoms with Gasteiger partial charge >= 0.3 is 0 Å². The third-order valence-corrected chi connectivity index (χ3v) is 13.2. The van der Waals surface area contributed by atoms with Gasteiger partial charge in [-0.15, -0.1) is 0 Å². The van der Waals surface area contributed by atoms with Crippen LogP contribution in [0.1, 0.15) is 67.4 Å². The molecule has 2 rings (SSSR count). The molecular formula is C25H47NO2Si2. The number of benzene rings is 1. The number of hydrogen-bond donors (Lipinski definition) is 0. The first-order valence-corrected chi connectivity index (χ1v) is 15.9. The standard InChI is InChI=1S/C25H47NO2Si2/c1-23(2,3)29-28-25(7,8)21-19-26(18-20-14-12-11-13-15-20)17-16-22(21)27-30(9,10)24(4,5)6/h11-15,21-22H,16-19,29H2,1-10H3. The van der Waals surface area contributed by atoms with Crippen molar-refractivity contribution in [2.24, 2.45) is 5.92 Å². The lowest BCUT2D eigenvalue weighted by Crippen LogP contribution is -2.57. The second-order valence-electron chi connectivity index (χ2n) is 12.5. The Morgan fingerprint density at radius 2 is 1.60 bits per heavy atom. The quantitative estimate of drug-likeness (QED) is 0.477. The highest BCUT2D eigenvalue weighted by atomic mass is 28.4. The monoisotopic (exact) mass is 449 g/mol. The minimum atomic E-state index is -1.83. The predicted molar refractivity (Wildman–Crippen MR) is 135 cm³/mol. The van der Waals surface area contributed by atoms with Crippen molar-refractivity contribution in [3.8, 4) is 0 Å². The lowest BCUT2D eigenvalue weighted by molar-refractivity contribution is -0.0668. The van der Waals surface area contributed by atoms with Crippen LogP contribution in [0.5, 0.6) is 0 Å². The van der Waals surface area contributed by atoms with Gasteiger partial charge in [0.2, 0.25) is 0 Å². The molecule has 5 heteroatoms. The van der Waals surface area contributed by atoms with Crippen molar-refractivity contribution in [3.63, 3.8) is 0 Å². The van der Waals surface area contributed by atoms with E-state index in [-0.39, 0.29) is 16.7 Å². The van der Waals surface area contributed by atoms with Gasteiger partial charge in [-0.1, -0.05) is 71.9 Å². The first-order valence-electron chi connectivity index (χ1n) is 11.7. The van der Waals surface area contributed by atoms with Crippen molar-refractivity contribution in [2.45, 2.75) is 103 Å². The normalized spacial score (nSPS) is 22.7. The van der Waals surface area contributed by atoms with E-state index >= 15 is 0 Å². The lowest BCUT2D eigenvalue weighted by Gasteiger charge is -2.50. The highest BCUT2D eigenvalue weighted by Gasteiger charge is 2.46. The Kier molecular flexibility index (Phi) is 8.23. The Morgan fingerprint density at radius 3 is 2.13 bits per heavy atom. The molecule has 172 valence electrons. The highest BCUT2D eigenvalue weighted by molar-refractivity contribution is 6.74. The van der Waals surface area contributed by atoms with Crippen molar-refractivity contribution < 1.29 is 8.85 Å². The van der Waals surface area contributed by atoms with Gasteiger partial charge < -0.3 is 8.85 Å². The fraction of sp³-hybridized carbons (Fsp3) is 0.760. The fourth-order valence-corrected chi connectivity index (χ4v) is 6.27. The van der Waals surface area contributed by atoms with Crippen LogP contribution >= 0.6 is 0 Å². The van der Waals surface area contributed by atoms with E-state index in [1.54, 1.807) is 0 Å². The van der Waals surface area contributed by atoms with E-state index < -0.39 is 18.1 Å². The number of rotatable bonds is 7. The van der Waals surface area contributed by atoms with Gasteiger partial charge in [-0.3, -0.25) is 4.90 Å². The molecule has 3 nitrogen and oxygen atoms in total. The number of nitrogens with zero attached hydrogens (tertiary/aromatic N) is 1. The Morgan fingerprint density at radius 1 is 1.00 bits per heavy atom. The lowest BCUT2D eigenvalue weighted by atomic mass is 9.82. The third-order valence-electron chi connectivity index (χ3n) is 6.90. The van der Waals surface area contributed by atoms with Gasteiger partial charge in [0.1, 0.15) is 0 Å². The molecule has 1 aromatic carbocycles. The van der Waals surface area contributed by atoms with E-state index in [1.807, 2.05) is 0 Å². The summed E-state index contributed by atoms with van der Waals surface area (Å²) in [4.78, 5) is 2.61. The van der Waals surface area contributed by atoms with Crippen LogP contribution in [0.15, 0.2) is 30.3 Å². The van der Waals surface area contributed by atoms with E-state index in [2.05, 4.69) is 104 Å². The molecule has 1 saturated heterocycles. The van der Waals surface area contributed by atoms with Crippen LogP contribution in [0.4, 0.5) is 0 Å². The summed E-state index contributed by atoms with van der Waals surface area (Å²) in [5.41, 5.74) is 1.23. The Hall–Kier alpha value is -0.466. The van der Waals surface area contributed by atoms with Crippen LogP contribution in [0.2, 0.25) is 23.2 Å². The van der Waals surface area contributed by atoms with Crippen LogP contribution in [-0.4, -0.2) is 47.8 Å².